The number of rotatable bonds is 2. The molecule has 0 saturated heterocycles. The van der Waals surface area contributed by atoms with E-state index in [1.165, 1.54) is 0 Å². The van der Waals surface area contributed by atoms with E-state index in [-0.39, 0.29) is 11.9 Å². The molecule has 18 heavy (non-hydrogen) atoms. The fraction of sp³-hybridized carbons (Fsp3) is 0.538. The second-order valence-electron chi connectivity index (χ2n) is 4.66. The Hall–Kier alpha value is -1.46. The summed E-state index contributed by atoms with van der Waals surface area (Å²) in [6, 6.07) is 2.85. The van der Waals surface area contributed by atoms with E-state index in [0.29, 0.717) is 18.4 Å². The van der Waals surface area contributed by atoms with Crippen LogP contribution in [0.5, 0.6) is 0 Å². The predicted octanol–water partition coefficient (Wildman–Crippen LogP) is 0.476. The Kier molecular flexibility index (Phi) is 4.28. The second kappa shape index (κ2) is 5.93. The maximum absolute atomic E-state index is 11.9. The quantitative estimate of drug-likeness (QED) is 0.667. The number of carbonyl (C=O) groups excluding carboxylic acids is 1. The maximum Gasteiger partial charge on any atom is 0.251 e. The summed E-state index contributed by atoms with van der Waals surface area (Å²) in [4.78, 5) is 15.8. The average molecular weight is 250 g/mol. The summed E-state index contributed by atoms with van der Waals surface area (Å²) in [6.45, 7) is 0. The van der Waals surface area contributed by atoms with Gasteiger partial charge in [0.15, 0.2) is 0 Å². The highest BCUT2D eigenvalue weighted by atomic mass is 16.3. The van der Waals surface area contributed by atoms with Gasteiger partial charge >= 0.3 is 0 Å². The molecule has 1 amide bonds. The molecular weight excluding hydrogens is 232 g/mol. The Labute approximate surface area is 106 Å². The smallest absolute Gasteiger partial charge is 0.251 e. The maximum atomic E-state index is 11.9. The number of nitrogens with zero attached hydrogens (tertiary/aromatic N) is 1. The third kappa shape index (κ3) is 3.05. The highest BCUT2D eigenvalue weighted by Gasteiger charge is 2.29. The lowest BCUT2D eigenvalue weighted by molar-refractivity contribution is -0.00124. The van der Waals surface area contributed by atoms with Gasteiger partial charge in [-0.2, -0.15) is 0 Å². The van der Waals surface area contributed by atoms with E-state index in [4.69, 9.17) is 0 Å². The third-order valence-corrected chi connectivity index (χ3v) is 3.33. The van der Waals surface area contributed by atoms with Crippen molar-refractivity contribution in [1.29, 1.82) is 0 Å². The van der Waals surface area contributed by atoms with Crippen molar-refractivity contribution in [2.24, 2.45) is 0 Å². The second-order valence-corrected chi connectivity index (χ2v) is 4.66. The Morgan fingerprint density at radius 3 is 2.61 bits per heavy atom. The van der Waals surface area contributed by atoms with Crippen LogP contribution >= 0.6 is 0 Å². The molecule has 0 bridgehead atoms. The summed E-state index contributed by atoms with van der Waals surface area (Å²) in [5.41, 5.74) is 0.510. The van der Waals surface area contributed by atoms with Gasteiger partial charge in [-0.15, -0.1) is 0 Å². The Morgan fingerprint density at radius 2 is 1.89 bits per heavy atom. The molecule has 98 valence electrons. The van der Waals surface area contributed by atoms with Crippen molar-refractivity contribution in [2.75, 3.05) is 0 Å². The number of hydrogen-bond acceptors (Lipinski definition) is 4. The number of aliphatic hydroxyl groups excluding tert-OH is 2. The van der Waals surface area contributed by atoms with Gasteiger partial charge < -0.3 is 15.5 Å². The molecule has 3 N–H and O–H groups in total. The fourth-order valence-corrected chi connectivity index (χ4v) is 2.24. The zero-order chi connectivity index (χ0) is 13.0. The number of aromatic nitrogens is 1. The zero-order valence-corrected chi connectivity index (χ0v) is 10.1. The minimum absolute atomic E-state index is 0.240. The lowest BCUT2D eigenvalue weighted by atomic mass is 10.0. The topological polar surface area (TPSA) is 82.5 Å². The molecule has 1 fully saturated rings. The van der Waals surface area contributed by atoms with Crippen molar-refractivity contribution in [2.45, 2.75) is 43.9 Å². The highest BCUT2D eigenvalue weighted by molar-refractivity contribution is 5.94. The lowest BCUT2D eigenvalue weighted by Crippen LogP contribution is -2.47. The summed E-state index contributed by atoms with van der Waals surface area (Å²) < 4.78 is 0. The molecule has 0 aromatic carbocycles. The standard InChI is InChI=1S/C13H18N2O3/c16-11-4-2-1-3-10(12(11)17)15-13(18)9-5-7-14-8-6-9/h5-8,10-12,16-17H,1-4H2,(H,15,18)/t10-,11-,12-/m1/s1. The molecule has 1 aliphatic carbocycles. The monoisotopic (exact) mass is 250 g/mol. The first kappa shape index (κ1) is 13.0. The minimum Gasteiger partial charge on any atom is -0.390 e. The SMILES string of the molecule is O=C(N[C@@H]1CCCC[C@@H](O)[C@@H]1O)c1ccncc1. The van der Waals surface area contributed by atoms with Crippen LogP contribution < -0.4 is 5.32 Å². The molecule has 0 unspecified atom stereocenters. The van der Waals surface area contributed by atoms with Crippen LogP contribution in [-0.2, 0) is 0 Å². The van der Waals surface area contributed by atoms with E-state index in [9.17, 15) is 15.0 Å². The first-order valence-corrected chi connectivity index (χ1v) is 6.25. The van der Waals surface area contributed by atoms with Crippen molar-refractivity contribution in [3.8, 4) is 0 Å². The molecule has 0 aliphatic heterocycles. The predicted molar refractivity (Wildman–Crippen MR) is 66.0 cm³/mol. The number of pyridine rings is 1. The van der Waals surface area contributed by atoms with Gasteiger partial charge in [-0.3, -0.25) is 9.78 Å². The number of nitrogens with one attached hydrogen (secondary N) is 1. The molecule has 1 aliphatic rings. The molecule has 0 spiro atoms. The van der Waals surface area contributed by atoms with Crippen LogP contribution in [0, 0.1) is 0 Å². The molecule has 0 radical (unpaired) electrons. The molecule has 3 atom stereocenters. The number of amides is 1. The van der Waals surface area contributed by atoms with Crippen LogP contribution in [0.3, 0.4) is 0 Å². The van der Waals surface area contributed by atoms with Crippen LogP contribution in [0.4, 0.5) is 0 Å². The summed E-state index contributed by atoms with van der Waals surface area (Å²) in [5, 5.41) is 22.4. The van der Waals surface area contributed by atoms with Crippen molar-refractivity contribution in [1.82, 2.24) is 10.3 Å². The van der Waals surface area contributed by atoms with Crippen LogP contribution in [0.15, 0.2) is 24.5 Å². The van der Waals surface area contributed by atoms with Crippen LogP contribution in [0.25, 0.3) is 0 Å². The lowest BCUT2D eigenvalue weighted by Gasteiger charge is -2.24. The van der Waals surface area contributed by atoms with Gasteiger partial charge in [0.05, 0.1) is 18.2 Å². The molecule has 1 saturated carbocycles. The number of hydrogen-bond donors (Lipinski definition) is 3. The first-order valence-electron chi connectivity index (χ1n) is 6.25. The Balaban J connectivity index is 2.01. The zero-order valence-electron chi connectivity index (χ0n) is 10.1. The summed E-state index contributed by atoms with van der Waals surface area (Å²) in [7, 11) is 0. The fourth-order valence-electron chi connectivity index (χ4n) is 2.24. The molecule has 1 heterocycles. The van der Waals surface area contributed by atoms with Crippen molar-refractivity contribution in [3.05, 3.63) is 30.1 Å². The van der Waals surface area contributed by atoms with Crippen molar-refractivity contribution in [3.63, 3.8) is 0 Å². The van der Waals surface area contributed by atoms with Gasteiger partial charge in [-0.05, 0) is 25.0 Å². The van der Waals surface area contributed by atoms with E-state index in [1.807, 2.05) is 0 Å². The number of aliphatic hydroxyl groups is 2. The summed E-state index contributed by atoms with van der Waals surface area (Å²) in [6.07, 6.45) is 4.50. The van der Waals surface area contributed by atoms with E-state index in [2.05, 4.69) is 10.3 Å². The molecule has 1 aromatic rings. The van der Waals surface area contributed by atoms with Crippen molar-refractivity contribution >= 4 is 5.91 Å². The van der Waals surface area contributed by atoms with E-state index in [0.717, 1.165) is 12.8 Å². The Bertz CT molecular complexity index is 396. The van der Waals surface area contributed by atoms with Crippen molar-refractivity contribution < 1.29 is 15.0 Å². The summed E-state index contributed by atoms with van der Waals surface area (Å²) >= 11 is 0. The van der Waals surface area contributed by atoms with E-state index >= 15 is 0 Å². The van der Waals surface area contributed by atoms with Gasteiger partial charge in [-0.1, -0.05) is 12.8 Å². The van der Waals surface area contributed by atoms with E-state index in [1.54, 1.807) is 24.5 Å². The van der Waals surface area contributed by atoms with Crippen LogP contribution in [0.1, 0.15) is 36.0 Å². The minimum atomic E-state index is -0.890. The summed E-state index contributed by atoms with van der Waals surface area (Å²) in [5.74, 6) is -0.240. The van der Waals surface area contributed by atoms with Crippen LogP contribution in [-0.4, -0.2) is 39.4 Å². The largest absolute Gasteiger partial charge is 0.390 e. The van der Waals surface area contributed by atoms with Gasteiger partial charge in [0.1, 0.15) is 0 Å². The molecular formula is C13H18N2O3. The molecule has 1 aromatic heterocycles. The van der Waals surface area contributed by atoms with Gasteiger partial charge in [0.25, 0.3) is 5.91 Å². The Morgan fingerprint density at radius 1 is 1.22 bits per heavy atom. The van der Waals surface area contributed by atoms with Gasteiger partial charge in [0, 0.05) is 18.0 Å². The third-order valence-electron chi connectivity index (χ3n) is 3.33. The average Bonchev–Trinajstić information content (AvgIpc) is 2.55. The molecule has 5 heteroatoms. The number of carbonyl (C=O) groups is 1. The first-order chi connectivity index (χ1) is 8.68. The van der Waals surface area contributed by atoms with E-state index < -0.39 is 12.2 Å². The van der Waals surface area contributed by atoms with Gasteiger partial charge in [0.2, 0.25) is 0 Å². The van der Waals surface area contributed by atoms with Gasteiger partial charge in [-0.25, -0.2) is 0 Å². The molecule has 5 nitrogen and oxygen atoms in total. The normalized spacial score (nSPS) is 28.4. The molecule has 2 rings (SSSR count). The van der Waals surface area contributed by atoms with Crippen LogP contribution in [0.2, 0.25) is 0 Å². The highest BCUT2D eigenvalue weighted by Crippen LogP contribution is 2.19.